The van der Waals surface area contributed by atoms with Crippen molar-refractivity contribution in [3.05, 3.63) is 72.3 Å². The maximum atomic E-state index is 12.3. The Morgan fingerprint density at radius 2 is 1.50 bits per heavy atom. The van der Waals surface area contributed by atoms with Crippen LogP contribution in [0.1, 0.15) is 87.5 Å². The molecule has 0 spiro atoms. The maximum absolute atomic E-state index is 12.3. The lowest BCUT2D eigenvalue weighted by atomic mass is 10.0. The van der Waals surface area contributed by atoms with Crippen LogP contribution < -0.4 is 16.0 Å². The number of aliphatic imine (C=N–C) groups is 1. The number of carbonyl (C=O) groups is 3. The van der Waals surface area contributed by atoms with Crippen LogP contribution in [0.5, 0.6) is 0 Å². The second-order valence-corrected chi connectivity index (χ2v) is 10.4. The molecule has 4 heterocycles. The van der Waals surface area contributed by atoms with Crippen molar-refractivity contribution in [1.82, 2.24) is 15.3 Å². The first-order chi connectivity index (χ1) is 19.0. The number of carboxylic acid groups (broad SMARTS) is 1. The van der Waals surface area contributed by atoms with Crippen molar-refractivity contribution in [2.75, 3.05) is 0 Å². The molecule has 8 heteroatoms. The van der Waals surface area contributed by atoms with Crippen LogP contribution in [0.15, 0.2) is 33.0 Å². The van der Waals surface area contributed by atoms with E-state index in [2.05, 4.69) is 40.2 Å². The number of aliphatic carboxylic acids is 1. The van der Waals surface area contributed by atoms with Gasteiger partial charge in [0.1, 0.15) is 0 Å². The van der Waals surface area contributed by atoms with Crippen molar-refractivity contribution < 1.29 is 19.5 Å². The molecule has 0 fully saturated rings. The van der Waals surface area contributed by atoms with E-state index in [1.54, 1.807) is 0 Å². The van der Waals surface area contributed by atoms with E-state index in [-0.39, 0.29) is 18.2 Å². The van der Waals surface area contributed by atoms with Crippen molar-refractivity contribution in [2.45, 2.75) is 80.6 Å². The summed E-state index contributed by atoms with van der Waals surface area (Å²) < 4.78 is 0. The van der Waals surface area contributed by atoms with E-state index in [0.717, 1.165) is 74.0 Å². The number of aromatic amines is 2. The topological polar surface area (TPSA) is 127 Å². The molecule has 0 aliphatic carbocycles. The van der Waals surface area contributed by atoms with Gasteiger partial charge in [-0.2, -0.15) is 0 Å². The van der Waals surface area contributed by atoms with Crippen LogP contribution in [-0.4, -0.2) is 38.6 Å². The van der Waals surface area contributed by atoms with Gasteiger partial charge in [0, 0.05) is 45.4 Å². The predicted molar refractivity (Wildman–Crippen MR) is 158 cm³/mol. The van der Waals surface area contributed by atoms with Gasteiger partial charge in [-0.1, -0.05) is 20.8 Å². The first-order valence-electron chi connectivity index (χ1n) is 13.9. The Morgan fingerprint density at radius 3 is 2.12 bits per heavy atom. The highest BCUT2D eigenvalue weighted by molar-refractivity contribution is 6.30. The number of rotatable bonds is 9. The molecule has 0 saturated heterocycles. The molecule has 210 valence electrons. The molecule has 2 amide bonds. The summed E-state index contributed by atoms with van der Waals surface area (Å²) in [5.74, 6) is -1.14. The highest BCUT2D eigenvalue weighted by Gasteiger charge is 2.24. The van der Waals surface area contributed by atoms with Gasteiger partial charge in [-0.15, -0.1) is 0 Å². The SMILES string of the molecule is CCC1=C(C)C(=O)N=C1/C=c1\[nH]/c(=C\c2[nH]c(/C=C3\NC(=O)C(C)=C3CC)c(CCC(=O)O)c2C)c(CC)c1C. The summed E-state index contributed by atoms with van der Waals surface area (Å²) in [6, 6.07) is 0. The lowest BCUT2D eigenvalue weighted by Gasteiger charge is -2.05. The van der Waals surface area contributed by atoms with Crippen LogP contribution in [0.3, 0.4) is 0 Å². The third-order valence-electron chi connectivity index (χ3n) is 8.08. The summed E-state index contributed by atoms with van der Waals surface area (Å²) in [6.07, 6.45) is 8.57. The summed E-state index contributed by atoms with van der Waals surface area (Å²) in [7, 11) is 0. The number of aromatic nitrogens is 2. The van der Waals surface area contributed by atoms with Gasteiger partial charge >= 0.3 is 5.97 Å². The average Bonchev–Trinajstić information content (AvgIpc) is 3.55. The van der Waals surface area contributed by atoms with Crippen LogP contribution in [0.25, 0.3) is 18.2 Å². The van der Waals surface area contributed by atoms with E-state index in [1.165, 1.54) is 0 Å². The van der Waals surface area contributed by atoms with Crippen LogP contribution in [0, 0.1) is 13.8 Å². The number of carboxylic acids is 1. The third kappa shape index (κ3) is 5.30. The van der Waals surface area contributed by atoms with E-state index in [9.17, 15) is 19.5 Å². The first-order valence-corrected chi connectivity index (χ1v) is 13.9. The molecule has 0 radical (unpaired) electrons. The quantitative estimate of drug-likeness (QED) is 0.381. The van der Waals surface area contributed by atoms with Crippen LogP contribution in [0.2, 0.25) is 0 Å². The number of allylic oxidation sites excluding steroid dienone is 2. The van der Waals surface area contributed by atoms with E-state index < -0.39 is 5.97 Å². The van der Waals surface area contributed by atoms with Crippen molar-refractivity contribution in [3.8, 4) is 0 Å². The molecule has 2 aromatic heterocycles. The normalized spacial score (nSPS) is 17.7. The number of nitrogens with one attached hydrogen (secondary N) is 3. The standard InChI is InChI=1S/C32H38N4O4/c1-8-20-16(4)24(14-27-21(9-2)18(6)31(39)35-27)33-26(20)13-25-17(5)23(11-12-30(37)38)29(34-25)15-28-22(10-3)19(7)32(40)36-28/h13-15,33-34H,8-12H2,1-7H3,(H,36,40)(H,37,38)/b24-14-,26-13-,28-15-. The second kappa shape index (κ2) is 11.5. The molecule has 4 N–H and O–H groups in total. The summed E-state index contributed by atoms with van der Waals surface area (Å²) in [4.78, 5) is 47.3. The van der Waals surface area contributed by atoms with Gasteiger partial charge in [0.2, 0.25) is 0 Å². The number of H-pyrrole nitrogens is 2. The Labute approximate surface area is 234 Å². The second-order valence-electron chi connectivity index (χ2n) is 10.4. The van der Waals surface area contributed by atoms with E-state index >= 15 is 0 Å². The zero-order chi connectivity index (χ0) is 29.3. The molecule has 40 heavy (non-hydrogen) atoms. The van der Waals surface area contributed by atoms with E-state index in [4.69, 9.17) is 0 Å². The smallest absolute Gasteiger partial charge is 0.303 e. The number of hydrogen-bond donors (Lipinski definition) is 4. The van der Waals surface area contributed by atoms with Gasteiger partial charge in [-0.05, 0) is 105 Å². The minimum atomic E-state index is -0.860. The monoisotopic (exact) mass is 542 g/mol. The number of hydrogen-bond acceptors (Lipinski definition) is 3. The van der Waals surface area contributed by atoms with Crippen molar-refractivity contribution in [1.29, 1.82) is 0 Å². The third-order valence-corrected chi connectivity index (χ3v) is 8.08. The molecule has 2 aliphatic rings. The lowest BCUT2D eigenvalue weighted by Crippen LogP contribution is -2.15. The van der Waals surface area contributed by atoms with Crippen LogP contribution in [0.4, 0.5) is 0 Å². The fourth-order valence-corrected chi connectivity index (χ4v) is 5.68. The maximum Gasteiger partial charge on any atom is 0.303 e. The molecule has 2 aliphatic heterocycles. The Morgan fingerprint density at radius 1 is 0.800 bits per heavy atom. The molecule has 0 bridgehead atoms. The van der Waals surface area contributed by atoms with Crippen LogP contribution in [-0.2, 0) is 27.2 Å². The van der Waals surface area contributed by atoms with Gasteiger partial charge in [0.15, 0.2) is 0 Å². The van der Waals surface area contributed by atoms with Gasteiger partial charge in [0.25, 0.3) is 11.8 Å². The molecular weight excluding hydrogens is 504 g/mol. The van der Waals surface area contributed by atoms with Gasteiger partial charge in [-0.3, -0.25) is 14.4 Å². The number of carbonyl (C=O) groups excluding carboxylic acids is 2. The Kier molecular flexibility index (Phi) is 8.28. The molecule has 0 unspecified atom stereocenters. The largest absolute Gasteiger partial charge is 0.481 e. The Hall–Kier alpha value is -4.20. The average molecular weight is 543 g/mol. The number of amides is 2. The van der Waals surface area contributed by atoms with Crippen molar-refractivity contribution >= 4 is 41.7 Å². The summed E-state index contributed by atoms with van der Waals surface area (Å²) in [5.41, 5.74) is 10.6. The van der Waals surface area contributed by atoms with Crippen molar-refractivity contribution in [2.24, 2.45) is 4.99 Å². The molecule has 2 aromatic rings. The Bertz CT molecular complexity index is 1670. The Balaban J connectivity index is 1.86. The van der Waals surface area contributed by atoms with Gasteiger partial charge < -0.3 is 20.4 Å². The zero-order valence-electron chi connectivity index (χ0n) is 24.4. The van der Waals surface area contributed by atoms with Gasteiger partial charge in [-0.25, -0.2) is 4.99 Å². The highest BCUT2D eigenvalue weighted by Crippen LogP contribution is 2.28. The molecule has 8 nitrogen and oxygen atoms in total. The lowest BCUT2D eigenvalue weighted by molar-refractivity contribution is -0.137. The molecule has 0 aromatic carbocycles. The number of nitrogens with zero attached hydrogens (tertiary/aromatic N) is 1. The molecule has 0 atom stereocenters. The zero-order valence-corrected chi connectivity index (χ0v) is 24.4. The van der Waals surface area contributed by atoms with E-state index in [0.29, 0.717) is 29.7 Å². The van der Waals surface area contributed by atoms with E-state index in [1.807, 2.05) is 46.8 Å². The minimum absolute atomic E-state index is 0.00459. The fourth-order valence-electron chi connectivity index (χ4n) is 5.68. The first kappa shape index (κ1) is 28.8. The van der Waals surface area contributed by atoms with Crippen LogP contribution >= 0.6 is 0 Å². The summed E-state index contributed by atoms with van der Waals surface area (Å²) in [5, 5.41) is 14.2. The minimum Gasteiger partial charge on any atom is -0.481 e. The molecule has 0 saturated carbocycles. The highest BCUT2D eigenvalue weighted by atomic mass is 16.4. The predicted octanol–water partition coefficient (Wildman–Crippen LogP) is 4.05. The summed E-state index contributed by atoms with van der Waals surface area (Å²) in [6.45, 7) is 13.8. The summed E-state index contributed by atoms with van der Waals surface area (Å²) >= 11 is 0. The molecule has 4 rings (SSSR count). The fraction of sp³-hybridized carbons (Fsp3) is 0.375. The van der Waals surface area contributed by atoms with Crippen molar-refractivity contribution in [3.63, 3.8) is 0 Å². The molecular formula is C32H38N4O4. The van der Waals surface area contributed by atoms with Gasteiger partial charge in [0.05, 0.1) is 5.71 Å².